The molecule has 1 aliphatic rings. The van der Waals surface area contributed by atoms with E-state index in [1.54, 1.807) is 0 Å². The Hall–Kier alpha value is -2.86. The van der Waals surface area contributed by atoms with E-state index in [0.29, 0.717) is 0 Å². The predicted octanol–water partition coefficient (Wildman–Crippen LogP) is 2.03. The van der Waals surface area contributed by atoms with Crippen molar-refractivity contribution in [2.75, 3.05) is 20.3 Å². The van der Waals surface area contributed by atoms with E-state index < -0.39 is 18.1 Å². The fraction of sp³-hybridized carbons (Fsp3) is 0.263. The Morgan fingerprint density at radius 1 is 1.08 bits per heavy atom. The van der Waals surface area contributed by atoms with Crippen molar-refractivity contribution in [2.45, 2.75) is 12.0 Å². The number of hydrogen-bond donors (Lipinski definition) is 2. The minimum atomic E-state index is -0.912. The van der Waals surface area contributed by atoms with Crippen molar-refractivity contribution in [3.63, 3.8) is 0 Å². The van der Waals surface area contributed by atoms with Gasteiger partial charge in [-0.2, -0.15) is 0 Å². The Morgan fingerprint density at radius 3 is 2.20 bits per heavy atom. The first kappa shape index (κ1) is 17.0. The normalized spacial score (nSPS) is 13.5. The van der Waals surface area contributed by atoms with Gasteiger partial charge in [0.25, 0.3) is 0 Å². The van der Waals surface area contributed by atoms with Crippen LogP contribution in [-0.2, 0) is 14.3 Å². The van der Waals surface area contributed by atoms with Gasteiger partial charge in [-0.05, 0) is 22.3 Å². The molecule has 2 aromatic carbocycles. The van der Waals surface area contributed by atoms with Crippen LogP contribution in [0.1, 0.15) is 17.0 Å². The molecule has 25 heavy (non-hydrogen) atoms. The van der Waals surface area contributed by atoms with Crippen molar-refractivity contribution >= 4 is 12.1 Å². The monoisotopic (exact) mass is 340 g/mol. The first-order valence-corrected chi connectivity index (χ1v) is 8.04. The molecule has 1 amide bonds. The number of rotatable bonds is 5. The summed E-state index contributed by atoms with van der Waals surface area (Å²) < 4.78 is 9.85. The lowest BCUT2D eigenvalue weighted by molar-refractivity contribution is -0.141. The molecule has 130 valence electrons. The standard InChI is InChI=1S/C19H20N2O4/c1-24-18(22)17(20)10-21-19(23)25-11-16-14-8-4-2-6-12(14)13-7-3-5-9-15(13)16/h2-9,16-17H,10-11,20H2,1H3,(H,21,23). The second-order valence-corrected chi connectivity index (χ2v) is 5.84. The number of carbonyl (C=O) groups excluding carboxylic acids is 2. The molecular weight excluding hydrogens is 320 g/mol. The third-order valence-corrected chi connectivity index (χ3v) is 4.31. The van der Waals surface area contributed by atoms with E-state index >= 15 is 0 Å². The maximum atomic E-state index is 11.9. The lowest BCUT2D eigenvalue weighted by atomic mass is 9.98. The van der Waals surface area contributed by atoms with E-state index in [9.17, 15) is 9.59 Å². The first-order chi connectivity index (χ1) is 12.1. The van der Waals surface area contributed by atoms with Gasteiger partial charge in [0.05, 0.1) is 7.11 Å². The van der Waals surface area contributed by atoms with Crippen molar-refractivity contribution in [2.24, 2.45) is 5.73 Å². The van der Waals surface area contributed by atoms with Crippen LogP contribution < -0.4 is 11.1 Å². The largest absolute Gasteiger partial charge is 0.468 e. The van der Waals surface area contributed by atoms with Crippen LogP contribution in [-0.4, -0.2) is 38.4 Å². The average molecular weight is 340 g/mol. The summed E-state index contributed by atoms with van der Waals surface area (Å²) in [4.78, 5) is 23.1. The zero-order valence-corrected chi connectivity index (χ0v) is 13.9. The first-order valence-electron chi connectivity index (χ1n) is 8.04. The third-order valence-electron chi connectivity index (χ3n) is 4.31. The van der Waals surface area contributed by atoms with E-state index in [1.807, 2.05) is 24.3 Å². The second kappa shape index (κ2) is 7.36. The molecule has 1 atom stereocenters. The highest BCUT2D eigenvalue weighted by atomic mass is 16.5. The van der Waals surface area contributed by atoms with E-state index in [-0.39, 0.29) is 19.1 Å². The van der Waals surface area contributed by atoms with Crippen molar-refractivity contribution < 1.29 is 19.1 Å². The molecule has 0 saturated carbocycles. The summed E-state index contributed by atoms with van der Waals surface area (Å²) in [5.74, 6) is -0.591. The Morgan fingerprint density at radius 2 is 1.64 bits per heavy atom. The molecule has 2 aromatic rings. The number of nitrogens with one attached hydrogen (secondary N) is 1. The molecule has 1 unspecified atom stereocenters. The maximum Gasteiger partial charge on any atom is 0.407 e. The number of alkyl carbamates (subject to hydrolysis) is 1. The second-order valence-electron chi connectivity index (χ2n) is 5.84. The van der Waals surface area contributed by atoms with E-state index in [4.69, 9.17) is 10.5 Å². The van der Waals surface area contributed by atoms with Crippen LogP contribution >= 0.6 is 0 Å². The average Bonchev–Trinajstić information content (AvgIpc) is 2.97. The molecule has 0 radical (unpaired) electrons. The predicted molar refractivity (Wildman–Crippen MR) is 93.1 cm³/mol. The molecule has 3 rings (SSSR count). The summed E-state index contributed by atoms with van der Waals surface area (Å²) in [6.45, 7) is 0.177. The highest BCUT2D eigenvalue weighted by Crippen LogP contribution is 2.44. The van der Waals surface area contributed by atoms with Gasteiger partial charge in [-0.15, -0.1) is 0 Å². The number of amides is 1. The Balaban J connectivity index is 1.64. The van der Waals surface area contributed by atoms with Gasteiger partial charge >= 0.3 is 12.1 Å². The van der Waals surface area contributed by atoms with Crippen LogP contribution in [0.4, 0.5) is 4.79 Å². The Labute approximate surface area is 145 Å². The number of esters is 1. The minimum absolute atomic E-state index is 0.00701. The lowest BCUT2D eigenvalue weighted by Gasteiger charge is -2.15. The van der Waals surface area contributed by atoms with Crippen LogP contribution in [0, 0.1) is 0 Å². The molecule has 6 nitrogen and oxygen atoms in total. The van der Waals surface area contributed by atoms with Gasteiger partial charge < -0.3 is 20.5 Å². The van der Waals surface area contributed by atoms with Crippen LogP contribution in [0.25, 0.3) is 11.1 Å². The molecule has 0 heterocycles. The summed E-state index contributed by atoms with van der Waals surface area (Å²) in [5, 5.41) is 2.48. The zero-order valence-electron chi connectivity index (χ0n) is 13.9. The van der Waals surface area contributed by atoms with Crippen LogP contribution in [0.15, 0.2) is 48.5 Å². The van der Waals surface area contributed by atoms with Crippen LogP contribution in [0.3, 0.4) is 0 Å². The Bertz CT molecular complexity index is 745. The minimum Gasteiger partial charge on any atom is -0.468 e. The molecule has 0 fully saturated rings. The van der Waals surface area contributed by atoms with Gasteiger partial charge in [0, 0.05) is 12.5 Å². The number of hydrogen-bond acceptors (Lipinski definition) is 5. The third kappa shape index (κ3) is 3.49. The smallest absolute Gasteiger partial charge is 0.407 e. The van der Waals surface area contributed by atoms with E-state index in [2.05, 4.69) is 34.3 Å². The summed E-state index contributed by atoms with van der Waals surface area (Å²) >= 11 is 0. The highest BCUT2D eigenvalue weighted by Gasteiger charge is 2.29. The van der Waals surface area contributed by atoms with Gasteiger partial charge in [0.2, 0.25) is 0 Å². The topological polar surface area (TPSA) is 90.6 Å². The number of benzene rings is 2. The van der Waals surface area contributed by atoms with Crippen molar-refractivity contribution in [1.82, 2.24) is 5.32 Å². The van der Waals surface area contributed by atoms with Crippen molar-refractivity contribution in [3.8, 4) is 11.1 Å². The molecule has 1 aliphatic carbocycles. The van der Waals surface area contributed by atoms with Gasteiger partial charge in [-0.3, -0.25) is 4.79 Å². The number of ether oxygens (including phenoxy) is 2. The summed E-state index contributed by atoms with van der Waals surface area (Å²) in [6.07, 6.45) is -0.610. The lowest BCUT2D eigenvalue weighted by Crippen LogP contribution is -2.43. The maximum absolute atomic E-state index is 11.9. The molecule has 0 aromatic heterocycles. The van der Waals surface area contributed by atoms with Crippen LogP contribution in [0.5, 0.6) is 0 Å². The van der Waals surface area contributed by atoms with Crippen molar-refractivity contribution in [1.29, 1.82) is 0 Å². The van der Waals surface area contributed by atoms with Crippen molar-refractivity contribution in [3.05, 3.63) is 59.7 Å². The molecule has 0 saturated heterocycles. The molecule has 6 heteroatoms. The summed E-state index contributed by atoms with van der Waals surface area (Å²) in [5.41, 5.74) is 10.2. The molecule has 0 bridgehead atoms. The fourth-order valence-electron chi connectivity index (χ4n) is 3.08. The van der Waals surface area contributed by atoms with E-state index in [0.717, 1.165) is 11.1 Å². The van der Waals surface area contributed by atoms with Gasteiger partial charge in [0.1, 0.15) is 12.6 Å². The number of nitrogens with two attached hydrogens (primary N) is 1. The number of carbonyl (C=O) groups is 2. The molecule has 0 aliphatic heterocycles. The Kier molecular flexibility index (Phi) is 5.00. The zero-order chi connectivity index (χ0) is 17.8. The quantitative estimate of drug-likeness (QED) is 0.813. The SMILES string of the molecule is COC(=O)C(N)CNC(=O)OCC1c2ccccc2-c2ccccc21. The fourth-order valence-corrected chi connectivity index (χ4v) is 3.08. The van der Waals surface area contributed by atoms with Gasteiger partial charge in [-0.1, -0.05) is 48.5 Å². The van der Waals surface area contributed by atoms with Gasteiger partial charge in [-0.25, -0.2) is 4.79 Å². The number of methoxy groups -OCH3 is 1. The molecular formula is C19H20N2O4. The highest BCUT2D eigenvalue weighted by molar-refractivity contribution is 5.79. The number of fused-ring (bicyclic) bond motifs is 3. The van der Waals surface area contributed by atoms with E-state index in [1.165, 1.54) is 18.2 Å². The summed E-state index contributed by atoms with van der Waals surface area (Å²) in [7, 11) is 1.25. The molecule has 3 N–H and O–H groups in total. The van der Waals surface area contributed by atoms with Gasteiger partial charge in [0.15, 0.2) is 0 Å². The molecule has 0 spiro atoms. The summed E-state index contributed by atoms with van der Waals surface area (Å²) in [6, 6.07) is 15.3. The van der Waals surface area contributed by atoms with Crippen LogP contribution in [0.2, 0.25) is 0 Å².